The Labute approximate surface area is 345 Å². The molecule has 1 amide bonds. The number of carbonyl (C=O) groups excluding carboxylic acids is 5. The minimum absolute atomic E-state index is 0.00327. The smallest absolute Gasteiger partial charge is 0.408 e. The van der Waals surface area contributed by atoms with Gasteiger partial charge in [0.15, 0.2) is 11.4 Å². The number of carbonyl (C=O) groups is 5. The summed E-state index contributed by atoms with van der Waals surface area (Å²) in [7, 11) is 0. The molecule has 1 aliphatic heterocycles. The number of phenolic OH excluding ortho intramolecular Hbond substituents is 1. The van der Waals surface area contributed by atoms with Crippen LogP contribution in [0.2, 0.25) is 0 Å². The molecule has 2 saturated carbocycles. The van der Waals surface area contributed by atoms with Crippen LogP contribution in [0.4, 0.5) is 13.6 Å². The van der Waals surface area contributed by atoms with E-state index < -0.39 is 112 Å². The fraction of sp³-hybridized carbons (Fsp3) is 0.558. The number of Topliss-reactive ketones (excluding diaryl/α,β-unsaturated/α-hetero) is 1. The molecule has 2 bridgehead atoms. The lowest BCUT2D eigenvalue weighted by Crippen LogP contribution is -2.81. The minimum Gasteiger partial charge on any atom is -0.508 e. The van der Waals surface area contributed by atoms with Crippen molar-refractivity contribution in [1.82, 2.24) is 5.32 Å². The number of nitrogens with one attached hydrogen (secondary N) is 1. The van der Waals surface area contributed by atoms with Gasteiger partial charge in [-0.2, -0.15) is 8.78 Å². The quantitative estimate of drug-likeness (QED) is 0.143. The second-order valence-corrected chi connectivity index (χ2v) is 17.9. The Morgan fingerprint density at radius 3 is 2.13 bits per heavy atom. The maximum atomic E-state index is 16.6. The Balaban J connectivity index is 1.51. The second kappa shape index (κ2) is 15.2. The van der Waals surface area contributed by atoms with Gasteiger partial charge in [-0.15, -0.1) is 0 Å². The maximum Gasteiger partial charge on any atom is 0.408 e. The van der Waals surface area contributed by atoms with Crippen molar-refractivity contribution in [2.24, 2.45) is 16.7 Å². The van der Waals surface area contributed by atoms with Crippen LogP contribution in [0.15, 0.2) is 65.7 Å². The molecular weight excluding hydrogens is 792 g/mol. The van der Waals surface area contributed by atoms with E-state index in [-0.39, 0.29) is 41.1 Å². The number of benzene rings is 2. The number of ketones is 1. The largest absolute Gasteiger partial charge is 0.508 e. The van der Waals surface area contributed by atoms with Crippen LogP contribution in [-0.4, -0.2) is 110 Å². The molecule has 2 aromatic carbocycles. The van der Waals surface area contributed by atoms with Gasteiger partial charge < -0.3 is 49.4 Å². The van der Waals surface area contributed by atoms with Gasteiger partial charge in [-0.1, -0.05) is 44.2 Å². The van der Waals surface area contributed by atoms with Crippen LogP contribution in [0.25, 0.3) is 0 Å². The van der Waals surface area contributed by atoms with E-state index in [0.29, 0.717) is 0 Å². The van der Waals surface area contributed by atoms with Crippen molar-refractivity contribution in [1.29, 1.82) is 0 Å². The Hall–Kier alpha value is -4.97. The molecule has 326 valence electrons. The third-order valence-corrected chi connectivity index (χ3v) is 12.7. The molecule has 0 unspecified atom stereocenters. The Morgan fingerprint density at radius 1 is 0.967 bits per heavy atom. The third-order valence-electron chi connectivity index (χ3n) is 12.7. The number of aliphatic hydroxyl groups excluding tert-OH is 2. The lowest BCUT2D eigenvalue weighted by atomic mass is 9.44. The van der Waals surface area contributed by atoms with E-state index in [1.165, 1.54) is 60.6 Å². The number of alkyl halides is 2. The first-order chi connectivity index (χ1) is 27.7. The summed E-state index contributed by atoms with van der Waals surface area (Å²) in [6.07, 6.45) is -11.0. The van der Waals surface area contributed by atoms with E-state index in [2.05, 4.69) is 0 Å². The Kier molecular flexibility index (Phi) is 11.3. The van der Waals surface area contributed by atoms with Crippen molar-refractivity contribution in [2.45, 2.75) is 128 Å². The molecule has 2 aromatic rings. The van der Waals surface area contributed by atoms with E-state index >= 15 is 8.78 Å². The molecule has 1 saturated heterocycles. The molecule has 5 N–H and O–H groups in total. The van der Waals surface area contributed by atoms with Crippen LogP contribution in [0.1, 0.15) is 90.2 Å². The van der Waals surface area contributed by atoms with Crippen LogP contribution in [0.5, 0.6) is 5.75 Å². The van der Waals surface area contributed by atoms with Crippen LogP contribution >= 0.6 is 0 Å². The number of ether oxygens (including phenoxy) is 5. The highest BCUT2D eigenvalue weighted by Crippen LogP contribution is 2.64. The fourth-order valence-corrected chi connectivity index (χ4v) is 9.58. The molecule has 1 heterocycles. The third kappa shape index (κ3) is 7.22. The van der Waals surface area contributed by atoms with E-state index in [0.717, 1.165) is 31.2 Å². The number of hydrogen-bond acceptors (Lipinski definition) is 14. The van der Waals surface area contributed by atoms with Crippen molar-refractivity contribution in [3.63, 3.8) is 0 Å². The molecule has 3 aliphatic carbocycles. The van der Waals surface area contributed by atoms with Gasteiger partial charge in [-0.05, 0) is 75.6 Å². The molecule has 0 spiro atoms. The summed E-state index contributed by atoms with van der Waals surface area (Å²) in [6, 6.07) is 9.35. The number of alkyl carbamates (subject to hydrolysis) is 1. The average Bonchev–Trinajstić information content (AvgIpc) is 3.15. The van der Waals surface area contributed by atoms with Crippen molar-refractivity contribution < 1.29 is 76.9 Å². The second-order valence-electron chi connectivity index (χ2n) is 17.9. The first-order valence-corrected chi connectivity index (χ1v) is 19.5. The predicted molar refractivity (Wildman–Crippen MR) is 204 cm³/mol. The van der Waals surface area contributed by atoms with Crippen molar-refractivity contribution in [3.05, 3.63) is 76.9 Å². The summed E-state index contributed by atoms with van der Waals surface area (Å²) < 4.78 is 62.0. The number of phenols is 1. The summed E-state index contributed by atoms with van der Waals surface area (Å²) in [5, 5.41) is 49.2. The summed E-state index contributed by atoms with van der Waals surface area (Å²) in [5.74, 6) is -11.6. The number of fused-ring (bicyclic) bond motifs is 5. The zero-order chi connectivity index (χ0) is 44.5. The lowest BCUT2D eigenvalue weighted by molar-refractivity contribution is -0.346. The van der Waals surface area contributed by atoms with Crippen molar-refractivity contribution in [2.75, 3.05) is 6.61 Å². The van der Waals surface area contributed by atoms with Gasteiger partial charge >= 0.3 is 29.9 Å². The Morgan fingerprint density at radius 2 is 1.58 bits per heavy atom. The first-order valence-electron chi connectivity index (χ1n) is 19.5. The van der Waals surface area contributed by atoms with E-state index in [4.69, 9.17) is 23.7 Å². The van der Waals surface area contributed by atoms with Crippen LogP contribution < -0.4 is 5.32 Å². The van der Waals surface area contributed by atoms with Crippen molar-refractivity contribution >= 4 is 29.8 Å². The molecule has 0 radical (unpaired) electrons. The SMILES string of the molecule is CC(=O)O[C@@]12CO[C@@H]1C[C@H](O)[C@@]1(C)C(=O)[C@H](O)C3=C(C)[C@@H](OC(=O)C(F)(F)[C@H](NC(=O)OC(C)(C)C)c4ccc(O)cc4)C[C@@](O)([C@@H](OC(=O)c4ccccc4)[C@H]21)C3(C)C. The number of rotatable bonds is 8. The molecule has 3 fully saturated rings. The first kappa shape index (κ1) is 44.6. The molecule has 17 heteroatoms. The molecule has 10 atom stereocenters. The van der Waals surface area contributed by atoms with Gasteiger partial charge in [0.05, 0.1) is 29.6 Å². The zero-order valence-electron chi connectivity index (χ0n) is 34.5. The van der Waals surface area contributed by atoms with Gasteiger partial charge in [0.2, 0.25) is 0 Å². The van der Waals surface area contributed by atoms with Crippen molar-refractivity contribution in [3.8, 4) is 5.75 Å². The van der Waals surface area contributed by atoms with Crippen LogP contribution in [0.3, 0.4) is 0 Å². The number of halogens is 2. The molecule has 60 heavy (non-hydrogen) atoms. The van der Waals surface area contributed by atoms with Crippen LogP contribution in [-0.2, 0) is 38.1 Å². The zero-order valence-corrected chi connectivity index (χ0v) is 34.5. The number of hydrogen-bond donors (Lipinski definition) is 5. The van der Waals surface area contributed by atoms with Gasteiger partial charge in [-0.25, -0.2) is 14.4 Å². The average molecular weight is 844 g/mol. The molecule has 0 aromatic heterocycles. The number of esters is 3. The highest BCUT2D eigenvalue weighted by Gasteiger charge is 2.78. The van der Waals surface area contributed by atoms with Gasteiger partial charge in [-0.3, -0.25) is 9.59 Å². The number of aromatic hydroxyl groups is 1. The van der Waals surface area contributed by atoms with Gasteiger partial charge in [0, 0.05) is 25.2 Å². The highest BCUT2D eigenvalue weighted by molar-refractivity contribution is 5.94. The number of amides is 1. The highest BCUT2D eigenvalue weighted by atomic mass is 19.3. The molecule has 4 aliphatic rings. The van der Waals surface area contributed by atoms with Gasteiger partial charge in [0.1, 0.15) is 47.4 Å². The molecular formula is C43H51F2NO14. The Bertz CT molecular complexity index is 2080. The summed E-state index contributed by atoms with van der Waals surface area (Å²) >= 11 is 0. The molecule has 15 nitrogen and oxygen atoms in total. The standard InChI is InChI=1S/C43H51F2NO14/c1-21-26(57-36(53)43(44,45)32(23-14-16-25(48)17-15-23)46-37(54)60-38(3,4)5)19-42(55)34(58-35(52)24-12-10-9-11-13-24)31-40(8,33(51)30(50)29(21)39(42,6)7)27(49)18-28-41(31,20-56-28)59-22(2)47/h9-17,26-28,30-32,34,48-50,55H,18-20H2,1-8H3,(H,46,54)/t26-,27-,28+,30+,31-,32+,34-,40+,41-,42+/m0/s1. The van der Waals surface area contributed by atoms with E-state index in [1.54, 1.807) is 18.2 Å². The monoisotopic (exact) mass is 843 g/mol. The van der Waals surface area contributed by atoms with E-state index in [1.807, 2.05) is 5.32 Å². The van der Waals surface area contributed by atoms with Crippen LogP contribution in [0, 0.1) is 16.7 Å². The summed E-state index contributed by atoms with van der Waals surface area (Å²) in [5.41, 5.74) is -10.1. The topological polar surface area (TPSA) is 224 Å². The fourth-order valence-electron chi connectivity index (χ4n) is 9.58. The van der Waals surface area contributed by atoms with Gasteiger partial charge in [0.25, 0.3) is 0 Å². The normalized spacial score (nSPS) is 32.7. The minimum atomic E-state index is -4.59. The predicted octanol–water partition coefficient (Wildman–Crippen LogP) is 4.24. The maximum absolute atomic E-state index is 16.6. The summed E-state index contributed by atoms with van der Waals surface area (Å²) in [6.45, 7) is 10.7. The lowest BCUT2D eigenvalue weighted by Gasteiger charge is -2.67. The van der Waals surface area contributed by atoms with E-state index in [9.17, 15) is 44.4 Å². The molecule has 6 rings (SSSR count). The summed E-state index contributed by atoms with van der Waals surface area (Å²) in [4.78, 5) is 68.6. The number of aliphatic hydroxyl groups is 3.